The Balaban J connectivity index is 1.63. The summed E-state index contributed by atoms with van der Waals surface area (Å²) in [5.74, 6) is -0.439. The molecule has 2 aliphatic carbocycles. The second-order valence-electron chi connectivity index (χ2n) is 7.15. The fourth-order valence-corrected chi connectivity index (χ4v) is 6.02. The summed E-state index contributed by atoms with van der Waals surface area (Å²) in [6.07, 6.45) is 8.48. The van der Waals surface area contributed by atoms with E-state index in [9.17, 15) is 14.4 Å². The van der Waals surface area contributed by atoms with Crippen molar-refractivity contribution in [2.75, 3.05) is 7.05 Å². The van der Waals surface area contributed by atoms with Crippen LogP contribution in [-0.4, -0.2) is 49.9 Å². The zero-order valence-corrected chi connectivity index (χ0v) is 17.1. The first-order valence-electron chi connectivity index (χ1n) is 8.38. The second kappa shape index (κ2) is 5.64. The summed E-state index contributed by atoms with van der Waals surface area (Å²) in [6.45, 7) is 1.99. The van der Waals surface area contributed by atoms with Gasteiger partial charge in [0.15, 0.2) is 0 Å². The Kier molecular flexibility index (Phi) is 3.89. The largest absolute Gasteiger partial charge is 0.338 e. The lowest BCUT2D eigenvalue weighted by Gasteiger charge is -2.29. The van der Waals surface area contributed by atoms with Gasteiger partial charge in [-0.05, 0) is 18.8 Å². The number of halogens is 2. The molecule has 0 spiro atoms. The van der Waals surface area contributed by atoms with Gasteiger partial charge in [0.2, 0.25) is 5.91 Å². The monoisotopic (exact) mass is 468 g/mol. The SMILES string of the molecule is CC1C=CC2=C(C=C1)C(=O)N([C@H]1CCC3C(N(C)C1=O)C3(Br)Br)C2=O. The third kappa shape index (κ3) is 2.42. The number of alkyl halides is 2. The molecule has 4 aliphatic rings. The van der Waals surface area contributed by atoms with E-state index in [-0.39, 0.29) is 38.8 Å². The van der Waals surface area contributed by atoms with E-state index < -0.39 is 6.04 Å². The van der Waals surface area contributed by atoms with Gasteiger partial charge in [-0.15, -0.1) is 0 Å². The number of carbonyl (C=O) groups is 3. The van der Waals surface area contributed by atoms with Crippen LogP contribution in [-0.2, 0) is 14.4 Å². The van der Waals surface area contributed by atoms with Crippen LogP contribution < -0.4 is 0 Å². The summed E-state index contributed by atoms with van der Waals surface area (Å²) in [7, 11) is 1.74. The van der Waals surface area contributed by atoms with E-state index in [1.807, 2.05) is 19.1 Å². The van der Waals surface area contributed by atoms with Gasteiger partial charge in [0.25, 0.3) is 11.8 Å². The molecule has 1 saturated heterocycles. The van der Waals surface area contributed by atoms with Crippen molar-refractivity contribution < 1.29 is 14.4 Å². The highest BCUT2D eigenvalue weighted by Gasteiger charge is 2.66. The van der Waals surface area contributed by atoms with Crippen molar-refractivity contribution in [1.29, 1.82) is 0 Å². The number of hydrogen-bond donors (Lipinski definition) is 0. The van der Waals surface area contributed by atoms with Crippen LogP contribution in [0.4, 0.5) is 0 Å². The molecule has 1 saturated carbocycles. The summed E-state index contributed by atoms with van der Waals surface area (Å²) in [5, 5.41) is 0. The highest BCUT2D eigenvalue weighted by molar-refractivity contribution is 9.25. The maximum atomic E-state index is 13.0. The molecule has 5 nitrogen and oxygen atoms in total. The van der Waals surface area contributed by atoms with Crippen molar-refractivity contribution in [2.45, 2.75) is 35.1 Å². The normalized spacial score (nSPS) is 34.2. The van der Waals surface area contributed by atoms with E-state index in [1.54, 1.807) is 24.1 Å². The average Bonchev–Trinajstić information content (AvgIpc) is 3.13. The fourth-order valence-electron chi connectivity index (χ4n) is 4.07. The number of imide groups is 1. The summed E-state index contributed by atoms with van der Waals surface area (Å²) < 4.78 is -0.245. The molecule has 0 radical (unpaired) electrons. The molecule has 3 amide bonds. The van der Waals surface area contributed by atoms with E-state index in [0.717, 1.165) is 6.42 Å². The first kappa shape index (κ1) is 17.2. The van der Waals surface area contributed by atoms with E-state index in [1.165, 1.54) is 4.90 Å². The van der Waals surface area contributed by atoms with Gasteiger partial charge in [-0.1, -0.05) is 63.1 Å². The van der Waals surface area contributed by atoms with Crippen molar-refractivity contribution in [2.24, 2.45) is 11.8 Å². The molecule has 2 heterocycles. The maximum absolute atomic E-state index is 13.0. The Labute approximate surface area is 163 Å². The van der Waals surface area contributed by atoms with Gasteiger partial charge in [-0.2, -0.15) is 0 Å². The van der Waals surface area contributed by atoms with Crippen molar-refractivity contribution in [3.63, 3.8) is 0 Å². The molecule has 0 bridgehead atoms. The van der Waals surface area contributed by atoms with Crippen LogP contribution in [0, 0.1) is 11.8 Å². The van der Waals surface area contributed by atoms with E-state index in [0.29, 0.717) is 17.6 Å². The minimum absolute atomic E-state index is 0.0456. The summed E-state index contributed by atoms with van der Waals surface area (Å²) in [5.41, 5.74) is 0.788. The van der Waals surface area contributed by atoms with Crippen molar-refractivity contribution in [1.82, 2.24) is 9.80 Å². The number of fused-ring (bicyclic) bond motifs is 1. The molecule has 2 fully saturated rings. The molecule has 2 unspecified atom stereocenters. The Morgan fingerprint density at radius 2 is 1.60 bits per heavy atom. The van der Waals surface area contributed by atoms with Crippen LogP contribution in [0.1, 0.15) is 19.8 Å². The standard InChI is InChI=1S/C18H18Br2N2O3/c1-9-3-5-10-11(6-4-9)16(24)22(15(10)23)13-8-7-12-14(18(12,19)20)21(2)17(13)25/h3-6,9,12-14H,7-8H2,1-2H3/t12?,13-,14?/m0/s1. The van der Waals surface area contributed by atoms with Crippen LogP contribution >= 0.6 is 31.9 Å². The molecule has 2 aliphatic heterocycles. The summed E-state index contributed by atoms with van der Waals surface area (Å²) in [4.78, 5) is 41.5. The summed E-state index contributed by atoms with van der Waals surface area (Å²) in [6, 6.07) is -0.677. The average molecular weight is 470 g/mol. The van der Waals surface area contributed by atoms with Gasteiger partial charge in [-0.3, -0.25) is 19.3 Å². The van der Waals surface area contributed by atoms with Crippen LogP contribution in [0.25, 0.3) is 0 Å². The predicted octanol–water partition coefficient (Wildman–Crippen LogP) is 2.52. The fraction of sp³-hybridized carbons (Fsp3) is 0.500. The highest BCUT2D eigenvalue weighted by atomic mass is 79.9. The molecule has 0 aromatic carbocycles. The Morgan fingerprint density at radius 1 is 1.04 bits per heavy atom. The lowest BCUT2D eigenvalue weighted by atomic mass is 10.1. The first-order chi connectivity index (χ1) is 11.7. The Bertz CT molecular complexity index is 747. The molecule has 4 rings (SSSR count). The van der Waals surface area contributed by atoms with Crippen LogP contribution in [0.3, 0.4) is 0 Å². The first-order valence-corrected chi connectivity index (χ1v) is 9.96. The number of likely N-dealkylation sites (N-methyl/N-ethyl adjacent to an activating group) is 1. The molecule has 0 aromatic rings. The Hall–Kier alpha value is -1.21. The lowest BCUT2D eigenvalue weighted by Crippen LogP contribution is -2.51. The molecule has 7 heteroatoms. The number of nitrogens with zero attached hydrogens (tertiary/aromatic N) is 2. The van der Waals surface area contributed by atoms with Crippen LogP contribution in [0.2, 0.25) is 0 Å². The number of likely N-dealkylation sites (tertiary alicyclic amines) is 1. The topological polar surface area (TPSA) is 57.7 Å². The van der Waals surface area contributed by atoms with Gasteiger partial charge in [0.1, 0.15) is 9.28 Å². The number of hydrogen-bond acceptors (Lipinski definition) is 3. The molecular weight excluding hydrogens is 452 g/mol. The van der Waals surface area contributed by atoms with E-state index >= 15 is 0 Å². The second-order valence-corrected chi connectivity index (χ2v) is 10.8. The van der Waals surface area contributed by atoms with Gasteiger partial charge in [0, 0.05) is 13.0 Å². The number of rotatable bonds is 1. The minimum atomic E-state index is -0.722. The zero-order chi connectivity index (χ0) is 18.1. The van der Waals surface area contributed by atoms with Gasteiger partial charge >= 0.3 is 0 Å². The maximum Gasteiger partial charge on any atom is 0.262 e. The quantitative estimate of drug-likeness (QED) is 0.438. The van der Waals surface area contributed by atoms with Gasteiger partial charge in [-0.25, -0.2) is 0 Å². The molecule has 0 aromatic heterocycles. The van der Waals surface area contributed by atoms with Crippen molar-refractivity contribution >= 4 is 49.6 Å². The van der Waals surface area contributed by atoms with E-state index in [2.05, 4.69) is 31.9 Å². The van der Waals surface area contributed by atoms with Gasteiger partial charge < -0.3 is 4.90 Å². The summed E-state index contributed by atoms with van der Waals surface area (Å²) >= 11 is 7.24. The van der Waals surface area contributed by atoms with Crippen LogP contribution in [0.5, 0.6) is 0 Å². The molecule has 132 valence electrons. The molecule has 3 atom stereocenters. The number of allylic oxidation sites excluding steroid dienone is 2. The lowest BCUT2D eigenvalue weighted by molar-refractivity contribution is -0.149. The van der Waals surface area contributed by atoms with Crippen molar-refractivity contribution in [3.05, 3.63) is 35.5 Å². The third-order valence-corrected chi connectivity index (χ3v) is 7.71. The van der Waals surface area contributed by atoms with Crippen molar-refractivity contribution in [3.8, 4) is 0 Å². The molecule has 0 N–H and O–H groups in total. The molecule has 25 heavy (non-hydrogen) atoms. The van der Waals surface area contributed by atoms with Gasteiger partial charge in [0.05, 0.1) is 17.2 Å². The third-order valence-electron chi connectivity index (χ3n) is 5.59. The van der Waals surface area contributed by atoms with E-state index in [4.69, 9.17) is 0 Å². The predicted molar refractivity (Wildman–Crippen MR) is 100.0 cm³/mol. The smallest absolute Gasteiger partial charge is 0.262 e. The highest BCUT2D eigenvalue weighted by Crippen LogP contribution is 2.62. The number of carbonyl (C=O) groups excluding carboxylic acids is 3. The number of amides is 3. The zero-order valence-electron chi connectivity index (χ0n) is 13.9. The van der Waals surface area contributed by atoms with Crippen LogP contribution in [0.15, 0.2) is 35.5 Å². The Morgan fingerprint density at radius 3 is 2.16 bits per heavy atom. The minimum Gasteiger partial charge on any atom is -0.338 e. The molecular formula is C18H18Br2N2O3.